The fourth-order valence-electron chi connectivity index (χ4n) is 7.12. The Balaban J connectivity index is 1.06. The molecule has 56 heavy (non-hydrogen) atoms. The van der Waals surface area contributed by atoms with Gasteiger partial charge in [-0.2, -0.15) is 5.10 Å². The first-order valence-electron chi connectivity index (χ1n) is 19.6. The molecule has 2 aliphatic rings. The normalized spacial score (nSPS) is 20.9. The quantitative estimate of drug-likeness (QED) is 0.100. The maximum Gasteiger partial charge on any atom is 0.257 e. The van der Waals surface area contributed by atoms with Crippen LogP contribution in [0.1, 0.15) is 52.5 Å². The number of benzene rings is 1. The molecule has 0 unspecified atom stereocenters. The van der Waals surface area contributed by atoms with Crippen LogP contribution >= 0.6 is 11.6 Å². The maximum absolute atomic E-state index is 6.50. The number of anilines is 2. The largest absolute Gasteiger partial charge is 0.487 e. The number of nitrogens with zero attached hydrogens (tertiary/aromatic N) is 8. The van der Waals surface area contributed by atoms with Crippen LogP contribution in [0, 0.1) is 0 Å². The van der Waals surface area contributed by atoms with Gasteiger partial charge < -0.3 is 38.5 Å². The second kappa shape index (κ2) is 21.6. The smallest absolute Gasteiger partial charge is 0.257 e. The van der Waals surface area contributed by atoms with E-state index < -0.39 is 0 Å². The van der Waals surface area contributed by atoms with Crippen molar-refractivity contribution in [1.82, 2.24) is 39.4 Å². The number of rotatable bonds is 22. The standard InChI is InChI=1S/C39H56ClN9O7/c1-28-22-47(23-29(2)55-28)33-6-8-34(9-7-33)49-25-36(38(46-49)54-18-17-53-16-15-52-14-13-51-12-11-50-4)45-39-42-20-32(21-43-39)31-5-10-35(40)37(19-31)56-30(3)24-48-27-41-26-44-48/h5,10,19-21,25-30,33-34H,6-9,11-18,22-24H2,1-4H3,(H,42,43,45)/t28-,29+,30-,33?,34?/m0/s1. The molecule has 1 aliphatic carbocycles. The maximum atomic E-state index is 6.50. The third kappa shape index (κ3) is 12.6. The molecule has 16 nitrogen and oxygen atoms in total. The first-order valence-corrected chi connectivity index (χ1v) is 19.9. The van der Waals surface area contributed by atoms with Crippen LogP contribution in [0.2, 0.25) is 5.02 Å². The third-order valence-corrected chi connectivity index (χ3v) is 10.1. The van der Waals surface area contributed by atoms with E-state index in [1.54, 1.807) is 30.5 Å². The van der Waals surface area contributed by atoms with Gasteiger partial charge in [0.25, 0.3) is 5.88 Å². The van der Waals surface area contributed by atoms with Gasteiger partial charge >= 0.3 is 0 Å². The summed E-state index contributed by atoms with van der Waals surface area (Å²) in [6, 6.07) is 6.44. The van der Waals surface area contributed by atoms with Crippen molar-refractivity contribution in [2.45, 2.75) is 83.4 Å². The highest BCUT2D eigenvalue weighted by Crippen LogP contribution is 2.36. The zero-order valence-corrected chi connectivity index (χ0v) is 33.7. The van der Waals surface area contributed by atoms with Crippen LogP contribution in [0.5, 0.6) is 11.6 Å². The minimum atomic E-state index is -0.181. The van der Waals surface area contributed by atoms with Crippen LogP contribution < -0.4 is 14.8 Å². The van der Waals surface area contributed by atoms with Gasteiger partial charge in [-0.15, -0.1) is 5.10 Å². The fourth-order valence-corrected chi connectivity index (χ4v) is 7.28. The first-order chi connectivity index (χ1) is 27.3. The summed E-state index contributed by atoms with van der Waals surface area (Å²) >= 11 is 6.50. The van der Waals surface area contributed by atoms with Crippen molar-refractivity contribution < 1.29 is 33.2 Å². The summed E-state index contributed by atoms with van der Waals surface area (Å²) < 4.78 is 43.8. The van der Waals surface area contributed by atoms with Crippen LogP contribution in [0.15, 0.2) is 49.4 Å². The molecule has 0 radical (unpaired) electrons. The Morgan fingerprint density at radius 1 is 0.875 bits per heavy atom. The topological polar surface area (TPSA) is 154 Å². The van der Waals surface area contributed by atoms with Crippen molar-refractivity contribution >= 4 is 23.2 Å². The SMILES string of the molecule is COCCOCCOCCOCCOc1nn(C2CCC(N3C[C@@H](C)O[C@@H](C)C3)CC2)cc1Nc1ncc(-c2ccc(Cl)c(O[C@@H](C)Cn3cncn3)c2)cn1. The molecule has 0 spiro atoms. The van der Waals surface area contributed by atoms with Gasteiger partial charge in [0.15, 0.2) is 0 Å². The number of hydrogen-bond acceptors (Lipinski definition) is 14. The second-order valence-corrected chi connectivity index (χ2v) is 14.7. The molecule has 1 N–H and O–H groups in total. The van der Waals surface area contributed by atoms with E-state index in [9.17, 15) is 0 Å². The molecule has 0 bridgehead atoms. The number of halogens is 1. The van der Waals surface area contributed by atoms with E-state index in [0.717, 1.165) is 49.9 Å². The van der Waals surface area contributed by atoms with Gasteiger partial charge in [0.1, 0.15) is 36.8 Å². The Labute approximate surface area is 334 Å². The molecule has 1 saturated carbocycles. The Kier molecular flexibility index (Phi) is 16.1. The summed E-state index contributed by atoms with van der Waals surface area (Å²) in [6.45, 7) is 12.6. The van der Waals surface area contributed by atoms with E-state index in [1.165, 1.54) is 6.33 Å². The Hall–Kier alpha value is -3.90. The minimum Gasteiger partial charge on any atom is -0.487 e. The summed E-state index contributed by atoms with van der Waals surface area (Å²) in [5.41, 5.74) is 2.38. The van der Waals surface area contributed by atoms with Gasteiger partial charge in [-0.05, 0) is 64.2 Å². The van der Waals surface area contributed by atoms with Gasteiger partial charge in [0.2, 0.25) is 5.95 Å². The van der Waals surface area contributed by atoms with Gasteiger partial charge in [0.05, 0.1) is 82.3 Å². The van der Waals surface area contributed by atoms with E-state index in [1.807, 2.05) is 36.0 Å². The van der Waals surface area contributed by atoms with E-state index in [-0.39, 0.29) is 24.4 Å². The number of methoxy groups -OCH3 is 1. The lowest BCUT2D eigenvalue weighted by atomic mass is 9.89. The second-order valence-electron chi connectivity index (χ2n) is 14.3. The van der Waals surface area contributed by atoms with E-state index in [0.29, 0.717) is 93.7 Å². The van der Waals surface area contributed by atoms with E-state index in [2.05, 4.69) is 44.1 Å². The van der Waals surface area contributed by atoms with Gasteiger partial charge in [0, 0.05) is 44.2 Å². The summed E-state index contributed by atoms with van der Waals surface area (Å²) in [5.74, 6) is 1.46. The monoisotopic (exact) mass is 797 g/mol. The minimum absolute atomic E-state index is 0.181. The van der Waals surface area contributed by atoms with Crippen LogP contribution in [0.3, 0.4) is 0 Å². The lowest BCUT2D eigenvalue weighted by Crippen LogP contribution is -2.51. The molecule has 0 amide bonds. The highest BCUT2D eigenvalue weighted by molar-refractivity contribution is 6.32. The highest BCUT2D eigenvalue weighted by Gasteiger charge is 2.32. The van der Waals surface area contributed by atoms with Gasteiger partial charge in [-0.1, -0.05) is 17.7 Å². The number of hydrogen-bond donors (Lipinski definition) is 1. The molecule has 3 atom stereocenters. The molecule has 1 aliphatic heterocycles. The Bertz CT molecular complexity index is 1710. The van der Waals surface area contributed by atoms with Crippen LogP contribution in [-0.4, -0.2) is 137 Å². The van der Waals surface area contributed by atoms with Crippen molar-refractivity contribution in [3.8, 4) is 22.8 Å². The summed E-state index contributed by atoms with van der Waals surface area (Å²) in [4.78, 5) is 15.9. The molecule has 1 saturated heterocycles. The Morgan fingerprint density at radius 2 is 1.54 bits per heavy atom. The molecule has 3 aromatic heterocycles. The van der Waals surface area contributed by atoms with Crippen LogP contribution in [0.25, 0.3) is 11.1 Å². The van der Waals surface area contributed by atoms with Crippen molar-refractivity contribution in [3.05, 3.63) is 54.5 Å². The van der Waals surface area contributed by atoms with Crippen molar-refractivity contribution in [3.63, 3.8) is 0 Å². The molecular formula is C39H56ClN9O7. The molecule has 6 rings (SSSR count). The lowest BCUT2D eigenvalue weighted by molar-refractivity contribution is -0.0852. The highest BCUT2D eigenvalue weighted by atomic mass is 35.5. The lowest BCUT2D eigenvalue weighted by Gasteiger charge is -2.42. The summed E-state index contributed by atoms with van der Waals surface area (Å²) in [7, 11) is 1.65. The summed E-state index contributed by atoms with van der Waals surface area (Å²) in [6.07, 6.45) is 13.3. The fraction of sp³-hybridized carbons (Fsp3) is 0.615. The molecule has 4 heterocycles. The van der Waals surface area contributed by atoms with Crippen LogP contribution in [-0.2, 0) is 30.2 Å². The first kappa shape index (κ1) is 41.7. The molecule has 2 fully saturated rings. The molecule has 4 aromatic rings. The zero-order valence-electron chi connectivity index (χ0n) is 32.9. The van der Waals surface area contributed by atoms with Crippen molar-refractivity contribution in [1.29, 1.82) is 0 Å². The number of nitrogens with one attached hydrogen (secondary N) is 1. The van der Waals surface area contributed by atoms with E-state index in [4.69, 9.17) is 49.9 Å². The summed E-state index contributed by atoms with van der Waals surface area (Å²) in [5, 5.41) is 12.9. The van der Waals surface area contributed by atoms with Crippen LogP contribution in [0.4, 0.5) is 11.6 Å². The van der Waals surface area contributed by atoms with Crippen molar-refractivity contribution in [2.24, 2.45) is 0 Å². The predicted octanol–water partition coefficient (Wildman–Crippen LogP) is 5.46. The Morgan fingerprint density at radius 3 is 2.20 bits per heavy atom. The van der Waals surface area contributed by atoms with Gasteiger partial charge in [-0.25, -0.2) is 19.6 Å². The van der Waals surface area contributed by atoms with Gasteiger partial charge in [-0.3, -0.25) is 9.58 Å². The number of aromatic nitrogens is 7. The van der Waals surface area contributed by atoms with E-state index >= 15 is 0 Å². The average molecular weight is 798 g/mol. The average Bonchev–Trinajstić information content (AvgIpc) is 3.86. The molecule has 17 heteroatoms. The molecular weight excluding hydrogens is 742 g/mol. The van der Waals surface area contributed by atoms with Crippen molar-refractivity contribution in [2.75, 3.05) is 78.4 Å². The molecule has 306 valence electrons. The molecule has 1 aromatic carbocycles. The zero-order chi connectivity index (χ0) is 39.1. The number of morpholine rings is 1. The third-order valence-electron chi connectivity index (χ3n) is 9.75. The number of ether oxygens (including phenoxy) is 7. The predicted molar refractivity (Wildman–Crippen MR) is 211 cm³/mol.